The largest absolute Gasteiger partial charge is 0.302 e. The van der Waals surface area contributed by atoms with Gasteiger partial charge in [-0.25, -0.2) is 4.98 Å². The second-order valence-electron chi connectivity index (χ2n) is 6.05. The fraction of sp³-hybridized carbons (Fsp3) is 0.222. The van der Waals surface area contributed by atoms with E-state index < -0.39 is 4.92 Å². The van der Waals surface area contributed by atoms with Crippen molar-refractivity contribution in [1.82, 2.24) is 4.98 Å². The van der Waals surface area contributed by atoms with E-state index in [0.717, 1.165) is 10.2 Å². The summed E-state index contributed by atoms with van der Waals surface area (Å²) in [5, 5.41) is 14.0. The highest BCUT2D eigenvalue weighted by Crippen LogP contribution is 2.29. The first-order valence-electron chi connectivity index (χ1n) is 7.86. The molecule has 0 aliphatic carbocycles. The average molecular weight is 355 g/mol. The molecule has 128 valence electrons. The van der Waals surface area contributed by atoms with E-state index in [2.05, 4.69) is 36.3 Å². The van der Waals surface area contributed by atoms with Crippen LogP contribution in [-0.2, 0) is 11.2 Å². The molecule has 3 aromatic rings. The average Bonchev–Trinajstić information content (AvgIpc) is 2.96. The van der Waals surface area contributed by atoms with Gasteiger partial charge < -0.3 is 5.32 Å². The van der Waals surface area contributed by atoms with E-state index in [1.807, 2.05) is 6.07 Å². The van der Waals surface area contributed by atoms with Crippen LogP contribution in [0.1, 0.15) is 30.9 Å². The maximum atomic E-state index is 12.2. The van der Waals surface area contributed by atoms with Crippen LogP contribution in [0.3, 0.4) is 0 Å². The molecule has 0 unspecified atom stereocenters. The monoisotopic (exact) mass is 355 g/mol. The van der Waals surface area contributed by atoms with Gasteiger partial charge in [0.05, 0.1) is 21.6 Å². The summed E-state index contributed by atoms with van der Waals surface area (Å²) in [6.07, 6.45) is 0.144. The highest BCUT2D eigenvalue weighted by molar-refractivity contribution is 7.22. The molecule has 7 heteroatoms. The molecular weight excluding hydrogens is 338 g/mol. The number of nitrogens with zero attached hydrogens (tertiary/aromatic N) is 2. The van der Waals surface area contributed by atoms with E-state index in [-0.39, 0.29) is 18.0 Å². The summed E-state index contributed by atoms with van der Waals surface area (Å²) in [4.78, 5) is 26.8. The molecule has 1 aromatic heterocycles. The molecule has 1 heterocycles. The number of amides is 1. The second kappa shape index (κ2) is 6.98. The van der Waals surface area contributed by atoms with Crippen LogP contribution in [0.5, 0.6) is 0 Å². The summed E-state index contributed by atoms with van der Waals surface area (Å²) in [7, 11) is 0. The lowest BCUT2D eigenvalue weighted by Gasteiger charge is -2.03. The fourth-order valence-corrected chi connectivity index (χ4v) is 3.37. The third kappa shape index (κ3) is 4.00. The van der Waals surface area contributed by atoms with Crippen molar-refractivity contribution >= 4 is 38.3 Å². The first-order chi connectivity index (χ1) is 11.9. The van der Waals surface area contributed by atoms with Gasteiger partial charge in [0.15, 0.2) is 5.13 Å². The lowest BCUT2D eigenvalue weighted by Crippen LogP contribution is -2.14. The van der Waals surface area contributed by atoms with E-state index in [0.29, 0.717) is 16.6 Å². The molecule has 0 radical (unpaired) electrons. The fourth-order valence-electron chi connectivity index (χ4n) is 2.44. The van der Waals surface area contributed by atoms with Crippen molar-refractivity contribution < 1.29 is 9.72 Å². The number of hydrogen-bond acceptors (Lipinski definition) is 5. The number of anilines is 1. The molecular formula is C18H17N3O3S. The number of nitro benzene ring substituents is 1. The Morgan fingerprint density at radius 1 is 1.24 bits per heavy atom. The molecule has 6 nitrogen and oxygen atoms in total. The molecule has 0 saturated heterocycles. The smallest absolute Gasteiger partial charge is 0.269 e. The molecule has 1 amide bonds. The third-order valence-corrected chi connectivity index (χ3v) is 4.77. The number of fused-ring (bicyclic) bond motifs is 1. The number of non-ortho nitro benzene ring substituents is 1. The molecule has 25 heavy (non-hydrogen) atoms. The van der Waals surface area contributed by atoms with E-state index in [1.165, 1.54) is 29.0 Å². The number of carbonyl (C=O) groups is 1. The highest BCUT2D eigenvalue weighted by Gasteiger charge is 2.11. The number of hydrogen-bond donors (Lipinski definition) is 1. The molecule has 0 aliphatic heterocycles. The van der Waals surface area contributed by atoms with Crippen LogP contribution in [0.2, 0.25) is 0 Å². The minimum atomic E-state index is -0.462. The van der Waals surface area contributed by atoms with E-state index in [1.54, 1.807) is 12.1 Å². The standard InChI is InChI=1S/C18H17N3O3S/c1-11(2)13-5-8-15-16(10-13)25-18(19-15)20-17(22)9-12-3-6-14(7-4-12)21(23)24/h3-8,10-11H,9H2,1-2H3,(H,19,20,22). The Morgan fingerprint density at radius 3 is 2.60 bits per heavy atom. The van der Waals surface area contributed by atoms with Gasteiger partial charge in [-0.2, -0.15) is 0 Å². The lowest BCUT2D eigenvalue weighted by molar-refractivity contribution is -0.384. The first-order valence-corrected chi connectivity index (χ1v) is 8.67. The second-order valence-corrected chi connectivity index (χ2v) is 7.08. The molecule has 0 bridgehead atoms. The Bertz CT molecular complexity index is 932. The number of carbonyl (C=O) groups excluding carboxylic acids is 1. The number of benzene rings is 2. The molecule has 0 aliphatic rings. The van der Waals surface area contributed by atoms with E-state index in [4.69, 9.17) is 0 Å². The molecule has 0 fully saturated rings. The summed E-state index contributed by atoms with van der Waals surface area (Å²) in [6, 6.07) is 12.1. The van der Waals surface area contributed by atoms with Gasteiger partial charge in [-0.05, 0) is 29.2 Å². The van der Waals surface area contributed by atoms with E-state index in [9.17, 15) is 14.9 Å². The van der Waals surface area contributed by atoms with E-state index >= 15 is 0 Å². The molecule has 1 N–H and O–H groups in total. The van der Waals surface area contributed by atoms with Crippen molar-refractivity contribution in [3.8, 4) is 0 Å². The van der Waals surface area contributed by atoms with Gasteiger partial charge in [-0.3, -0.25) is 14.9 Å². The third-order valence-electron chi connectivity index (χ3n) is 3.84. The van der Waals surface area contributed by atoms with Crippen molar-refractivity contribution in [2.24, 2.45) is 0 Å². The zero-order valence-electron chi connectivity index (χ0n) is 13.9. The lowest BCUT2D eigenvalue weighted by atomic mass is 10.0. The number of rotatable bonds is 5. The Balaban J connectivity index is 1.70. The van der Waals surface area contributed by atoms with Crippen LogP contribution in [0.15, 0.2) is 42.5 Å². The van der Waals surface area contributed by atoms with Crippen LogP contribution >= 0.6 is 11.3 Å². The number of nitro groups is 1. The van der Waals surface area contributed by atoms with Crippen molar-refractivity contribution in [1.29, 1.82) is 0 Å². The number of aromatic nitrogens is 1. The Labute approximate surface area is 148 Å². The summed E-state index contributed by atoms with van der Waals surface area (Å²) in [6.45, 7) is 4.27. The number of nitrogens with one attached hydrogen (secondary N) is 1. The summed E-state index contributed by atoms with van der Waals surface area (Å²) < 4.78 is 1.04. The Morgan fingerprint density at radius 2 is 1.96 bits per heavy atom. The van der Waals surface area contributed by atoms with Crippen molar-refractivity contribution in [2.45, 2.75) is 26.2 Å². The van der Waals surface area contributed by atoms with Gasteiger partial charge in [0.1, 0.15) is 0 Å². The van der Waals surface area contributed by atoms with Crippen molar-refractivity contribution in [3.63, 3.8) is 0 Å². The molecule has 0 spiro atoms. The zero-order valence-corrected chi connectivity index (χ0v) is 14.7. The number of thiazole rings is 1. The van der Waals surface area contributed by atoms with Gasteiger partial charge in [0.2, 0.25) is 5.91 Å². The van der Waals surface area contributed by atoms with Crippen LogP contribution in [0, 0.1) is 10.1 Å². The maximum absolute atomic E-state index is 12.2. The quantitative estimate of drug-likeness (QED) is 0.539. The van der Waals surface area contributed by atoms with Gasteiger partial charge >= 0.3 is 0 Å². The molecule has 0 saturated carbocycles. The zero-order chi connectivity index (χ0) is 18.0. The molecule has 0 atom stereocenters. The molecule has 2 aromatic carbocycles. The normalized spacial score (nSPS) is 11.0. The topological polar surface area (TPSA) is 85.1 Å². The van der Waals surface area contributed by atoms with Crippen molar-refractivity contribution in [2.75, 3.05) is 5.32 Å². The molecule has 3 rings (SSSR count). The van der Waals surface area contributed by atoms with Crippen LogP contribution in [0.4, 0.5) is 10.8 Å². The van der Waals surface area contributed by atoms with Gasteiger partial charge in [0, 0.05) is 12.1 Å². The minimum Gasteiger partial charge on any atom is -0.302 e. The first kappa shape index (κ1) is 17.0. The van der Waals surface area contributed by atoms with Crippen LogP contribution in [0.25, 0.3) is 10.2 Å². The summed E-state index contributed by atoms with van der Waals surface area (Å²) in [5.74, 6) is 0.240. The maximum Gasteiger partial charge on any atom is 0.269 e. The van der Waals surface area contributed by atoms with Crippen molar-refractivity contribution in [3.05, 3.63) is 63.7 Å². The van der Waals surface area contributed by atoms with Gasteiger partial charge in [-0.15, -0.1) is 0 Å². The SMILES string of the molecule is CC(C)c1ccc2nc(NC(=O)Cc3ccc([N+](=O)[O-])cc3)sc2c1. The summed E-state index contributed by atoms with van der Waals surface area (Å²) in [5.41, 5.74) is 2.82. The predicted molar refractivity (Wildman–Crippen MR) is 99.1 cm³/mol. The predicted octanol–water partition coefficient (Wildman–Crippen LogP) is 4.51. The van der Waals surface area contributed by atoms with Crippen LogP contribution < -0.4 is 5.32 Å². The van der Waals surface area contributed by atoms with Gasteiger partial charge in [-0.1, -0.05) is 43.4 Å². The van der Waals surface area contributed by atoms with Crippen LogP contribution in [-0.4, -0.2) is 15.8 Å². The highest BCUT2D eigenvalue weighted by atomic mass is 32.1. The Hall–Kier alpha value is -2.80. The Kier molecular flexibility index (Phi) is 4.76. The van der Waals surface area contributed by atoms with Gasteiger partial charge in [0.25, 0.3) is 5.69 Å². The minimum absolute atomic E-state index is 0.0105. The summed E-state index contributed by atoms with van der Waals surface area (Å²) >= 11 is 1.44.